The number of hydrogen-bond acceptors (Lipinski definition) is 18. The lowest BCUT2D eigenvalue weighted by Gasteiger charge is -2.45. The van der Waals surface area contributed by atoms with Crippen molar-refractivity contribution in [3.63, 3.8) is 0 Å². The van der Waals surface area contributed by atoms with Gasteiger partial charge in [-0.2, -0.15) is 0 Å². The molecular formula is C49H77NO17. The van der Waals surface area contributed by atoms with Crippen molar-refractivity contribution in [2.45, 2.75) is 177 Å². The zero-order valence-electron chi connectivity index (χ0n) is 39.5. The third-order valence-corrected chi connectivity index (χ3v) is 12.5. The Morgan fingerprint density at radius 2 is 1.27 bits per heavy atom. The number of cyclic esters (lactones) is 1. The molecule has 0 aromatic rings. The van der Waals surface area contributed by atoms with Crippen molar-refractivity contribution >= 4 is 11.9 Å². The molecular weight excluding hydrogens is 875 g/mol. The number of hydrogen-bond donors (Lipinski definition) is 10. The molecule has 11 N–H and O–H groups in total. The van der Waals surface area contributed by atoms with Gasteiger partial charge in [0.05, 0.1) is 86.7 Å². The molecule has 19 atom stereocenters. The zero-order valence-corrected chi connectivity index (χ0v) is 39.5. The number of carbonyl (C=O) groups is 2. The van der Waals surface area contributed by atoms with Crippen LogP contribution in [0.3, 0.4) is 0 Å². The van der Waals surface area contributed by atoms with E-state index in [1.54, 1.807) is 63.3 Å². The molecule has 0 amide bonds. The molecule has 67 heavy (non-hydrogen) atoms. The summed E-state index contributed by atoms with van der Waals surface area (Å²) in [5.74, 6) is -5.84. The number of ether oxygens (including phenoxy) is 6. The van der Waals surface area contributed by atoms with E-state index in [-0.39, 0.29) is 31.6 Å². The highest BCUT2D eigenvalue weighted by Crippen LogP contribution is 2.38. The predicted molar refractivity (Wildman–Crippen MR) is 246 cm³/mol. The first-order valence-corrected chi connectivity index (χ1v) is 23.1. The van der Waals surface area contributed by atoms with Crippen LogP contribution in [0.25, 0.3) is 0 Å². The van der Waals surface area contributed by atoms with Crippen LogP contribution in [-0.4, -0.2) is 170 Å². The summed E-state index contributed by atoms with van der Waals surface area (Å²) in [6.07, 6.45) is 6.17. The molecule has 0 aromatic heterocycles. The normalized spacial score (nSPS) is 44.4. The molecule has 3 heterocycles. The first-order chi connectivity index (χ1) is 31.7. The number of aliphatic hydroxyl groups excluding tert-OH is 8. The van der Waals surface area contributed by atoms with Gasteiger partial charge in [0.15, 0.2) is 12.1 Å². The maximum atomic E-state index is 13.1. The topological polar surface area (TPSA) is 298 Å². The van der Waals surface area contributed by atoms with E-state index in [1.807, 2.05) is 49.5 Å². The third-order valence-electron chi connectivity index (χ3n) is 12.5. The van der Waals surface area contributed by atoms with Crippen molar-refractivity contribution in [2.75, 3.05) is 14.2 Å². The number of nitrogens with two attached hydrogens (primary N) is 1. The van der Waals surface area contributed by atoms with Crippen molar-refractivity contribution in [2.24, 2.45) is 23.5 Å². The van der Waals surface area contributed by atoms with E-state index in [4.69, 9.17) is 34.2 Å². The van der Waals surface area contributed by atoms with Crippen molar-refractivity contribution in [1.82, 2.24) is 0 Å². The summed E-state index contributed by atoms with van der Waals surface area (Å²) in [7, 11) is 2.52. The maximum Gasteiger partial charge on any atom is 0.313 e. The monoisotopic (exact) mass is 952 g/mol. The SMILES string of the molecule is COC(=O)[C@H]1[C@@H]2C[C@@H](O[C@@H]3O[C@H](C)[C@@H](O)[C@H](N)[C@H]3OC)/C=C/C=C/C=C/C=C/C=C/C=C/C=C/[C@H](C)[C@@H](O)[C@@H](C)[C@H](C)OC(=O)C[C@H](O)C[C@H](O)CC[C@@H](O)[C@H](O)C[C@H](O)C[C@](O)(C[C@@H]1O)O2. The summed E-state index contributed by atoms with van der Waals surface area (Å²) < 4.78 is 34.5. The average Bonchev–Trinajstić information content (AvgIpc) is 3.25. The van der Waals surface area contributed by atoms with Gasteiger partial charge in [0.1, 0.15) is 18.1 Å². The molecule has 0 spiro atoms. The molecule has 2 fully saturated rings. The van der Waals surface area contributed by atoms with Crippen molar-refractivity contribution in [3.8, 4) is 0 Å². The summed E-state index contributed by atoms with van der Waals surface area (Å²) in [4.78, 5) is 25.8. The van der Waals surface area contributed by atoms with E-state index in [0.717, 1.165) is 7.11 Å². The zero-order chi connectivity index (χ0) is 49.8. The van der Waals surface area contributed by atoms with Crippen LogP contribution < -0.4 is 5.73 Å². The number of aliphatic hydroxyl groups is 9. The van der Waals surface area contributed by atoms with E-state index < -0.39 is 147 Å². The molecule has 2 saturated heterocycles. The minimum Gasteiger partial charge on any atom is -0.469 e. The highest BCUT2D eigenvalue weighted by atomic mass is 16.7. The number of rotatable bonds is 4. The van der Waals surface area contributed by atoms with Crippen molar-refractivity contribution < 1.29 is 84.0 Å². The van der Waals surface area contributed by atoms with Crippen molar-refractivity contribution in [3.05, 3.63) is 85.1 Å². The Balaban J connectivity index is 1.90. The summed E-state index contributed by atoms with van der Waals surface area (Å²) in [5, 5.41) is 98.2. The van der Waals surface area contributed by atoms with Crippen LogP contribution in [0.5, 0.6) is 0 Å². The Morgan fingerprint density at radius 3 is 1.85 bits per heavy atom. The van der Waals surface area contributed by atoms with Gasteiger partial charge in [-0.1, -0.05) is 98.9 Å². The fourth-order valence-electron chi connectivity index (χ4n) is 8.35. The van der Waals surface area contributed by atoms with Gasteiger partial charge in [0.2, 0.25) is 0 Å². The standard InChI is InChI=1S/C49H77NO17/c1-29-19-17-15-13-11-9-7-8-10-12-14-16-18-20-36(66-48-46(62-5)43(50)45(59)32(4)65-48)26-40-42(47(60)63-6)39(56)28-49(61,67-40)27-35(53)24-38(55)37(54)22-21-33(51)23-34(52)25-41(57)64-31(3)30(2)44(29)58/h7-20,29-40,42-46,48,51-56,58-59,61H,21-28,50H2,1-6H3/b8-7+,11-9+,12-10+,15-13+,16-14+,19-17+,20-18+/t29-,30-,31-,32+,33+,34+,35-,36-,37+,38+,39-,40-,42+,43-,44+,45+,46+,48-,49+/m0/s1. The molecule has 2 bridgehead atoms. The van der Waals surface area contributed by atoms with Crippen LogP contribution in [-0.2, 0) is 38.0 Å². The summed E-state index contributed by atoms with van der Waals surface area (Å²) in [6.45, 7) is 6.86. The maximum absolute atomic E-state index is 13.1. The minimum absolute atomic E-state index is 0.0868. The highest BCUT2D eigenvalue weighted by molar-refractivity contribution is 5.74. The Kier molecular flexibility index (Phi) is 25.0. The highest BCUT2D eigenvalue weighted by Gasteiger charge is 2.51. The van der Waals surface area contributed by atoms with E-state index >= 15 is 0 Å². The van der Waals surface area contributed by atoms with Gasteiger partial charge in [0.25, 0.3) is 0 Å². The van der Waals surface area contributed by atoms with Gasteiger partial charge < -0.3 is 80.1 Å². The second-order valence-electron chi connectivity index (χ2n) is 18.0. The molecule has 380 valence electrons. The quantitative estimate of drug-likeness (QED) is 0.178. The Morgan fingerprint density at radius 1 is 0.687 bits per heavy atom. The number of fused-ring (bicyclic) bond motifs is 2. The van der Waals surface area contributed by atoms with Gasteiger partial charge in [-0.25, -0.2) is 0 Å². The van der Waals surface area contributed by atoms with Crippen LogP contribution in [0.4, 0.5) is 0 Å². The van der Waals surface area contributed by atoms with Crippen LogP contribution >= 0.6 is 0 Å². The number of allylic oxidation sites excluding steroid dienone is 12. The van der Waals surface area contributed by atoms with Gasteiger partial charge in [-0.3, -0.25) is 9.59 Å². The fraction of sp³-hybridized carbons (Fsp3) is 0.673. The minimum atomic E-state index is -2.25. The van der Waals surface area contributed by atoms with Gasteiger partial charge >= 0.3 is 11.9 Å². The summed E-state index contributed by atoms with van der Waals surface area (Å²) in [6, 6.07) is -0.893. The van der Waals surface area contributed by atoms with E-state index in [0.29, 0.717) is 0 Å². The summed E-state index contributed by atoms with van der Waals surface area (Å²) >= 11 is 0. The first kappa shape index (κ1) is 57.9. The van der Waals surface area contributed by atoms with Crippen LogP contribution in [0.1, 0.15) is 79.1 Å². The predicted octanol–water partition coefficient (Wildman–Crippen LogP) is 1.45. The van der Waals surface area contributed by atoms with E-state index in [9.17, 15) is 55.5 Å². The third kappa shape index (κ3) is 19.1. The first-order valence-electron chi connectivity index (χ1n) is 23.1. The molecule has 0 aliphatic carbocycles. The second kappa shape index (κ2) is 28.9. The van der Waals surface area contributed by atoms with Crippen LogP contribution in [0.2, 0.25) is 0 Å². The number of esters is 2. The average molecular weight is 952 g/mol. The molecule has 0 radical (unpaired) electrons. The van der Waals surface area contributed by atoms with Gasteiger partial charge in [-0.05, 0) is 33.1 Å². The molecule has 18 heteroatoms. The lowest BCUT2D eigenvalue weighted by atomic mass is 9.82. The molecule has 3 rings (SSSR count). The molecule has 0 unspecified atom stereocenters. The van der Waals surface area contributed by atoms with Gasteiger partial charge in [0, 0.05) is 44.6 Å². The second-order valence-corrected chi connectivity index (χ2v) is 18.0. The Labute approximate surface area is 394 Å². The fourth-order valence-corrected chi connectivity index (χ4v) is 8.35. The Bertz CT molecular complexity index is 1700. The Hall–Kier alpha value is -3.44. The van der Waals surface area contributed by atoms with Crippen molar-refractivity contribution in [1.29, 1.82) is 0 Å². The lowest BCUT2D eigenvalue weighted by Crippen LogP contribution is -2.62. The molecule has 0 saturated carbocycles. The smallest absolute Gasteiger partial charge is 0.313 e. The number of methoxy groups -OCH3 is 2. The molecule has 3 aliphatic rings. The largest absolute Gasteiger partial charge is 0.469 e. The summed E-state index contributed by atoms with van der Waals surface area (Å²) in [5.41, 5.74) is 6.29. The van der Waals surface area contributed by atoms with Gasteiger partial charge in [-0.15, -0.1) is 0 Å². The van der Waals surface area contributed by atoms with Crippen LogP contribution in [0, 0.1) is 17.8 Å². The molecule has 3 aliphatic heterocycles. The molecule has 18 nitrogen and oxygen atoms in total. The van der Waals surface area contributed by atoms with Crippen LogP contribution in [0.15, 0.2) is 85.1 Å². The van der Waals surface area contributed by atoms with E-state index in [2.05, 4.69) is 0 Å². The molecule has 0 aromatic carbocycles. The van der Waals surface area contributed by atoms with E-state index in [1.165, 1.54) is 7.11 Å². The lowest BCUT2D eigenvalue weighted by molar-refractivity contribution is -0.309. The number of carbonyl (C=O) groups excluding carboxylic acids is 2.